The molecule has 1 fully saturated rings. The van der Waals surface area contributed by atoms with E-state index in [0.29, 0.717) is 34.8 Å². The van der Waals surface area contributed by atoms with E-state index in [2.05, 4.69) is 16.2 Å². The molecule has 0 amide bonds. The Labute approximate surface area is 194 Å². The van der Waals surface area contributed by atoms with Crippen LogP contribution in [0, 0.1) is 23.1 Å². The lowest BCUT2D eigenvalue weighted by Gasteiger charge is -2.34. The highest BCUT2D eigenvalue weighted by atomic mass is 19.1. The van der Waals surface area contributed by atoms with Crippen LogP contribution in [0.5, 0.6) is 11.5 Å². The number of piperidine rings is 1. The van der Waals surface area contributed by atoms with Crippen molar-refractivity contribution in [2.75, 3.05) is 12.3 Å². The highest BCUT2D eigenvalue weighted by Crippen LogP contribution is 2.35. The molecular weight excluding hydrogens is 440 g/mol. The van der Waals surface area contributed by atoms with Crippen LogP contribution in [0.25, 0.3) is 22.3 Å². The molecule has 0 radical (unpaired) electrons. The number of nitrogens with two attached hydrogens (primary N) is 1. The molecule has 1 aliphatic heterocycles. The number of nitrogens with zero attached hydrogens (tertiary/aromatic N) is 6. The molecule has 10 heteroatoms. The minimum atomic E-state index is -0.785. The van der Waals surface area contributed by atoms with Crippen molar-refractivity contribution in [3.63, 3.8) is 0 Å². The molecule has 2 aromatic carbocycles. The van der Waals surface area contributed by atoms with Gasteiger partial charge in [-0.05, 0) is 56.2 Å². The predicted octanol–water partition coefficient (Wildman–Crippen LogP) is 4.65. The van der Waals surface area contributed by atoms with Gasteiger partial charge in [-0.2, -0.15) is 10.4 Å². The molecule has 0 bridgehead atoms. The normalized spacial score (nSPS) is 18.1. The number of halogens is 2. The molecule has 1 aliphatic rings. The average molecular weight is 461 g/mol. The first-order valence-electron chi connectivity index (χ1n) is 10.8. The van der Waals surface area contributed by atoms with Crippen molar-refractivity contribution in [2.24, 2.45) is 0 Å². The smallest absolute Gasteiger partial charge is 0.179 e. The summed E-state index contributed by atoms with van der Waals surface area (Å²) in [4.78, 5) is 10.3. The molecule has 34 heavy (non-hydrogen) atoms. The van der Waals surface area contributed by atoms with Crippen LogP contribution >= 0.6 is 0 Å². The average Bonchev–Trinajstić information content (AvgIpc) is 3.23. The maximum Gasteiger partial charge on any atom is 0.179 e. The second kappa shape index (κ2) is 8.59. The summed E-state index contributed by atoms with van der Waals surface area (Å²) in [6, 6.07) is 10.2. The number of nitrogen functional groups attached to an aromatic ring is 1. The Bertz CT molecular complexity index is 1400. The minimum Gasteiger partial charge on any atom is -0.454 e. The van der Waals surface area contributed by atoms with Crippen LogP contribution in [-0.2, 0) is 0 Å². The van der Waals surface area contributed by atoms with Gasteiger partial charge in [0.2, 0.25) is 0 Å². The number of likely N-dealkylation sites (tertiary alicyclic amines) is 1. The van der Waals surface area contributed by atoms with Crippen molar-refractivity contribution in [1.82, 2.24) is 24.6 Å². The number of hydrogen-bond acceptors (Lipinski definition) is 7. The molecule has 2 atom stereocenters. The first-order valence-corrected chi connectivity index (χ1v) is 10.8. The van der Waals surface area contributed by atoms with Gasteiger partial charge in [0.05, 0.1) is 18.0 Å². The van der Waals surface area contributed by atoms with Gasteiger partial charge in [0.1, 0.15) is 29.4 Å². The molecule has 2 unspecified atom stereocenters. The highest BCUT2D eigenvalue weighted by molar-refractivity contribution is 5.98. The van der Waals surface area contributed by atoms with E-state index in [1.807, 2.05) is 11.6 Å². The first kappa shape index (κ1) is 21.6. The molecule has 0 saturated carbocycles. The van der Waals surface area contributed by atoms with E-state index in [-0.39, 0.29) is 17.8 Å². The van der Waals surface area contributed by atoms with Gasteiger partial charge in [-0.1, -0.05) is 0 Å². The number of nitriles is 1. The fraction of sp³-hybridized carbons (Fsp3) is 0.250. The molecule has 2 aromatic heterocycles. The van der Waals surface area contributed by atoms with Gasteiger partial charge in [0.15, 0.2) is 23.4 Å². The quantitative estimate of drug-likeness (QED) is 0.441. The second-order valence-corrected chi connectivity index (χ2v) is 8.28. The number of fused-ring (bicyclic) bond motifs is 1. The first-order chi connectivity index (χ1) is 16.4. The fourth-order valence-electron chi connectivity index (χ4n) is 4.24. The Hall–Kier alpha value is -4.26. The third kappa shape index (κ3) is 3.85. The molecular formula is C24H21F2N7O. The van der Waals surface area contributed by atoms with Crippen LogP contribution in [0.3, 0.4) is 0 Å². The van der Waals surface area contributed by atoms with Gasteiger partial charge < -0.3 is 15.4 Å². The molecule has 0 spiro atoms. The summed E-state index contributed by atoms with van der Waals surface area (Å²) >= 11 is 0. The highest BCUT2D eigenvalue weighted by Gasteiger charge is 2.29. The third-order valence-electron chi connectivity index (χ3n) is 6.10. The summed E-state index contributed by atoms with van der Waals surface area (Å²) < 4.78 is 34.4. The van der Waals surface area contributed by atoms with E-state index in [9.17, 15) is 14.0 Å². The third-order valence-corrected chi connectivity index (χ3v) is 6.10. The Kier molecular flexibility index (Phi) is 5.45. The Morgan fingerprint density at radius 3 is 2.65 bits per heavy atom. The summed E-state index contributed by atoms with van der Waals surface area (Å²) in [5.74, 6) is -0.843. The molecule has 1 saturated heterocycles. The zero-order chi connectivity index (χ0) is 23.8. The van der Waals surface area contributed by atoms with Crippen molar-refractivity contribution in [2.45, 2.75) is 31.8 Å². The van der Waals surface area contributed by atoms with Gasteiger partial charge >= 0.3 is 0 Å². The largest absolute Gasteiger partial charge is 0.454 e. The molecule has 0 aliphatic carbocycles. The topological polar surface area (TPSA) is 106 Å². The van der Waals surface area contributed by atoms with Gasteiger partial charge in [0.25, 0.3) is 0 Å². The predicted molar refractivity (Wildman–Crippen MR) is 122 cm³/mol. The number of ether oxygens (including phenoxy) is 1. The van der Waals surface area contributed by atoms with Crippen LogP contribution in [0.2, 0.25) is 0 Å². The van der Waals surface area contributed by atoms with Crippen molar-refractivity contribution < 1.29 is 13.5 Å². The molecule has 4 aromatic rings. The fourth-order valence-corrected chi connectivity index (χ4v) is 4.24. The van der Waals surface area contributed by atoms with Gasteiger partial charge in [0, 0.05) is 17.7 Å². The molecule has 8 nitrogen and oxygen atoms in total. The molecule has 3 heterocycles. The number of hydrogen-bond donors (Lipinski definition) is 1. The Balaban J connectivity index is 1.50. The van der Waals surface area contributed by atoms with Crippen molar-refractivity contribution in [3.05, 3.63) is 60.4 Å². The van der Waals surface area contributed by atoms with E-state index in [4.69, 9.17) is 15.6 Å². The number of anilines is 1. The lowest BCUT2D eigenvalue weighted by atomic mass is 10.0. The summed E-state index contributed by atoms with van der Waals surface area (Å²) in [6.07, 6.45) is 5.38. The van der Waals surface area contributed by atoms with E-state index >= 15 is 0 Å². The van der Waals surface area contributed by atoms with Crippen LogP contribution in [-0.4, -0.2) is 37.2 Å². The van der Waals surface area contributed by atoms with Crippen LogP contribution in [0.4, 0.5) is 14.6 Å². The summed E-state index contributed by atoms with van der Waals surface area (Å²) in [6.45, 7) is 2.57. The standard InChI is InChI=1S/C24H21F2N7O/c1-14-2-6-17(11-32(14)12-27)33-24-21(23(28)29-13-30-24)22(31-33)15-3-7-18(8-4-15)34-20-9-5-16(25)10-19(20)26/h3-5,7-10,13-14,17H,2,6,11H2,1H3,(H2,28,29,30). The van der Waals surface area contributed by atoms with Crippen molar-refractivity contribution >= 4 is 16.9 Å². The van der Waals surface area contributed by atoms with Gasteiger partial charge in [-0.25, -0.2) is 23.4 Å². The lowest BCUT2D eigenvalue weighted by molar-refractivity contribution is 0.179. The summed E-state index contributed by atoms with van der Waals surface area (Å²) in [5.41, 5.74) is 8.17. The lowest BCUT2D eigenvalue weighted by Crippen LogP contribution is -2.39. The zero-order valence-corrected chi connectivity index (χ0v) is 18.3. The Morgan fingerprint density at radius 1 is 1.12 bits per heavy atom. The summed E-state index contributed by atoms with van der Waals surface area (Å²) in [7, 11) is 0. The van der Waals surface area contributed by atoms with Crippen LogP contribution in [0.1, 0.15) is 25.8 Å². The van der Waals surface area contributed by atoms with Gasteiger partial charge in [-0.3, -0.25) is 0 Å². The monoisotopic (exact) mass is 461 g/mol. The molecule has 5 rings (SSSR count). The minimum absolute atomic E-state index is 0.0366. The molecule has 2 N–H and O–H groups in total. The summed E-state index contributed by atoms with van der Waals surface area (Å²) in [5, 5.41) is 14.9. The Morgan fingerprint density at radius 2 is 1.91 bits per heavy atom. The van der Waals surface area contributed by atoms with Crippen LogP contribution in [0.15, 0.2) is 48.8 Å². The van der Waals surface area contributed by atoms with E-state index < -0.39 is 11.6 Å². The van der Waals surface area contributed by atoms with E-state index in [1.165, 1.54) is 12.4 Å². The zero-order valence-electron chi connectivity index (χ0n) is 18.3. The number of aromatic nitrogens is 4. The van der Waals surface area contributed by atoms with Crippen LogP contribution < -0.4 is 10.5 Å². The molecule has 172 valence electrons. The van der Waals surface area contributed by atoms with Crippen molar-refractivity contribution in [3.8, 4) is 28.9 Å². The van der Waals surface area contributed by atoms with Crippen molar-refractivity contribution in [1.29, 1.82) is 5.26 Å². The maximum atomic E-state index is 13.9. The number of benzene rings is 2. The number of rotatable bonds is 4. The van der Waals surface area contributed by atoms with E-state index in [0.717, 1.165) is 30.5 Å². The maximum absolute atomic E-state index is 13.9. The van der Waals surface area contributed by atoms with Gasteiger partial charge in [-0.15, -0.1) is 0 Å². The second-order valence-electron chi connectivity index (χ2n) is 8.28. The SMILES string of the molecule is CC1CCC(n2nc(-c3ccc(Oc4ccc(F)cc4F)cc3)c3c(N)ncnc32)CN1C#N. The van der Waals surface area contributed by atoms with E-state index in [1.54, 1.807) is 29.2 Å².